The molecule has 0 spiro atoms. The number of hydrogen-bond acceptors (Lipinski definition) is 4. The van der Waals surface area contributed by atoms with E-state index < -0.39 is 0 Å². The minimum atomic E-state index is -0.166. The van der Waals surface area contributed by atoms with E-state index in [0.717, 1.165) is 32.1 Å². The maximum atomic E-state index is 12.4. The number of hydrogen-bond donors (Lipinski definition) is 1. The largest absolute Gasteiger partial charge is 0.333 e. The molecule has 1 rings (SSSR count). The number of rotatable bonds is 13. The van der Waals surface area contributed by atoms with Gasteiger partial charge in [-0.25, -0.2) is 4.98 Å². The van der Waals surface area contributed by atoms with Crippen molar-refractivity contribution in [2.75, 3.05) is 18.4 Å². The van der Waals surface area contributed by atoms with Crippen molar-refractivity contribution in [2.24, 2.45) is 0 Å². The van der Waals surface area contributed by atoms with Crippen molar-refractivity contribution >= 4 is 28.3 Å². The zero-order chi connectivity index (χ0) is 17.6. The zero-order valence-electron chi connectivity index (χ0n) is 15.1. The van der Waals surface area contributed by atoms with Gasteiger partial charge in [-0.3, -0.25) is 9.59 Å². The molecule has 6 heteroatoms. The normalized spacial score (nSPS) is 10.6. The van der Waals surface area contributed by atoms with E-state index >= 15 is 0 Å². The van der Waals surface area contributed by atoms with Crippen LogP contribution >= 0.6 is 11.3 Å². The summed E-state index contributed by atoms with van der Waals surface area (Å²) in [5, 5.41) is 5.16. The molecular weight excluding hydrogens is 322 g/mol. The molecule has 2 amide bonds. The van der Waals surface area contributed by atoms with Crippen molar-refractivity contribution in [1.82, 2.24) is 9.88 Å². The van der Waals surface area contributed by atoms with Crippen LogP contribution in [0.3, 0.4) is 0 Å². The topological polar surface area (TPSA) is 62.3 Å². The summed E-state index contributed by atoms with van der Waals surface area (Å²) in [5.41, 5.74) is 0. The van der Waals surface area contributed by atoms with Gasteiger partial charge in [-0.05, 0) is 12.8 Å². The molecule has 0 unspecified atom stereocenters. The summed E-state index contributed by atoms with van der Waals surface area (Å²) in [6.07, 6.45) is 10.9. The van der Waals surface area contributed by atoms with Crippen LogP contribution in [0.15, 0.2) is 11.6 Å². The molecule has 1 aromatic rings. The summed E-state index contributed by atoms with van der Waals surface area (Å²) in [6.45, 7) is 5.10. The van der Waals surface area contributed by atoms with Crippen LogP contribution in [0.2, 0.25) is 0 Å². The van der Waals surface area contributed by atoms with E-state index in [4.69, 9.17) is 0 Å². The molecule has 1 aromatic heterocycles. The van der Waals surface area contributed by atoms with Crippen LogP contribution in [-0.4, -0.2) is 34.8 Å². The second-order valence-electron chi connectivity index (χ2n) is 6.07. The van der Waals surface area contributed by atoms with E-state index in [9.17, 15) is 9.59 Å². The van der Waals surface area contributed by atoms with Crippen molar-refractivity contribution in [3.05, 3.63) is 11.6 Å². The van der Waals surface area contributed by atoms with E-state index in [1.807, 2.05) is 5.38 Å². The highest BCUT2D eigenvalue weighted by Gasteiger charge is 2.17. The average Bonchev–Trinajstić information content (AvgIpc) is 3.06. The molecule has 1 heterocycles. The molecule has 1 N–H and O–H groups in total. The van der Waals surface area contributed by atoms with E-state index in [2.05, 4.69) is 24.1 Å². The van der Waals surface area contributed by atoms with Gasteiger partial charge in [0.1, 0.15) is 0 Å². The van der Waals surface area contributed by atoms with Gasteiger partial charge in [-0.2, -0.15) is 0 Å². The van der Waals surface area contributed by atoms with Gasteiger partial charge >= 0.3 is 0 Å². The van der Waals surface area contributed by atoms with Crippen LogP contribution in [0.1, 0.15) is 71.6 Å². The summed E-state index contributed by atoms with van der Waals surface area (Å²) in [7, 11) is 0. The summed E-state index contributed by atoms with van der Waals surface area (Å²) in [5.74, 6) is -0.0716. The van der Waals surface area contributed by atoms with Crippen LogP contribution in [0.25, 0.3) is 0 Å². The van der Waals surface area contributed by atoms with Gasteiger partial charge in [0, 0.05) is 24.5 Å². The highest BCUT2D eigenvalue weighted by Crippen LogP contribution is 2.11. The first-order valence-corrected chi connectivity index (χ1v) is 10.0. The molecule has 0 fully saturated rings. The molecular formula is C18H31N3O2S. The fourth-order valence-corrected chi connectivity index (χ4v) is 3.04. The van der Waals surface area contributed by atoms with Gasteiger partial charge in [0.25, 0.3) is 0 Å². The second kappa shape index (κ2) is 12.9. The molecule has 0 saturated heterocycles. The molecule has 24 heavy (non-hydrogen) atoms. The first-order chi connectivity index (χ1) is 11.7. The van der Waals surface area contributed by atoms with Gasteiger partial charge in [-0.15, -0.1) is 11.3 Å². The van der Waals surface area contributed by atoms with E-state index in [1.165, 1.54) is 30.6 Å². The molecule has 0 bridgehead atoms. The minimum Gasteiger partial charge on any atom is -0.333 e. The lowest BCUT2D eigenvalue weighted by Crippen LogP contribution is -2.38. The molecule has 5 nitrogen and oxygen atoms in total. The van der Waals surface area contributed by atoms with Crippen LogP contribution in [-0.2, 0) is 9.59 Å². The maximum absolute atomic E-state index is 12.4. The highest BCUT2D eigenvalue weighted by molar-refractivity contribution is 7.13. The lowest BCUT2D eigenvalue weighted by molar-refractivity contribution is -0.134. The van der Waals surface area contributed by atoms with Gasteiger partial charge < -0.3 is 10.2 Å². The van der Waals surface area contributed by atoms with Crippen LogP contribution in [0.5, 0.6) is 0 Å². The number of nitrogens with zero attached hydrogens (tertiary/aromatic N) is 2. The summed E-state index contributed by atoms with van der Waals surface area (Å²) in [6, 6.07) is 0. The quantitative estimate of drug-likeness (QED) is 0.533. The molecule has 0 aliphatic rings. The third-order valence-corrected chi connectivity index (χ3v) is 4.58. The van der Waals surface area contributed by atoms with E-state index in [-0.39, 0.29) is 18.4 Å². The number of amides is 2. The van der Waals surface area contributed by atoms with Crippen LogP contribution < -0.4 is 5.32 Å². The Kier molecular flexibility index (Phi) is 11.1. The Bertz CT molecular complexity index is 463. The Balaban J connectivity index is 2.42. The third-order valence-electron chi connectivity index (χ3n) is 3.89. The van der Waals surface area contributed by atoms with Crippen LogP contribution in [0.4, 0.5) is 5.13 Å². The Morgan fingerprint density at radius 3 is 2.46 bits per heavy atom. The zero-order valence-corrected chi connectivity index (χ0v) is 15.9. The van der Waals surface area contributed by atoms with Gasteiger partial charge in [-0.1, -0.05) is 52.4 Å². The molecule has 0 saturated carbocycles. The SMILES string of the molecule is CCCCCCCC(=O)N(CCCCC)CC(=O)Nc1nccs1. The molecule has 0 aliphatic carbocycles. The van der Waals surface area contributed by atoms with E-state index in [1.54, 1.807) is 11.1 Å². The fourth-order valence-electron chi connectivity index (χ4n) is 2.50. The summed E-state index contributed by atoms with van der Waals surface area (Å²) in [4.78, 5) is 30.3. The fraction of sp³-hybridized carbons (Fsp3) is 0.722. The molecule has 0 aliphatic heterocycles. The number of thiazole rings is 1. The third kappa shape index (κ3) is 9.01. The highest BCUT2D eigenvalue weighted by atomic mass is 32.1. The Labute approximate surface area is 149 Å². The number of carbonyl (C=O) groups is 2. The number of unbranched alkanes of at least 4 members (excludes halogenated alkanes) is 6. The van der Waals surface area contributed by atoms with Crippen molar-refractivity contribution < 1.29 is 9.59 Å². The first kappa shape index (κ1) is 20.6. The Morgan fingerprint density at radius 2 is 1.79 bits per heavy atom. The summed E-state index contributed by atoms with van der Waals surface area (Å²) >= 11 is 1.38. The van der Waals surface area contributed by atoms with Gasteiger partial charge in [0.15, 0.2) is 5.13 Å². The maximum Gasteiger partial charge on any atom is 0.245 e. The van der Waals surface area contributed by atoms with Crippen molar-refractivity contribution in [3.63, 3.8) is 0 Å². The van der Waals surface area contributed by atoms with Crippen LogP contribution in [0, 0.1) is 0 Å². The molecule has 0 aromatic carbocycles. The predicted molar refractivity (Wildman–Crippen MR) is 100 cm³/mol. The predicted octanol–water partition coefficient (Wildman–Crippen LogP) is 4.46. The molecule has 0 atom stereocenters. The first-order valence-electron chi connectivity index (χ1n) is 9.14. The Morgan fingerprint density at radius 1 is 1.08 bits per heavy atom. The average molecular weight is 354 g/mol. The molecule has 0 radical (unpaired) electrons. The lowest BCUT2D eigenvalue weighted by atomic mass is 10.1. The standard InChI is InChI=1S/C18H31N3O2S/c1-3-5-7-8-9-11-17(23)21(13-10-6-4-2)15-16(22)20-18-19-12-14-24-18/h12,14H,3-11,13,15H2,1-2H3,(H,19,20,22). The monoisotopic (exact) mass is 353 g/mol. The Hall–Kier alpha value is -1.43. The number of aromatic nitrogens is 1. The minimum absolute atomic E-state index is 0.0943. The second-order valence-corrected chi connectivity index (χ2v) is 6.97. The molecule has 136 valence electrons. The van der Waals surface area contributed by atoms with Gasteiger partial charge in [0.05, 0.1) is 6.54 Å². The van der Waals surface area contributed by atoms with E-state index in [0.29, 0.717) is 18.1 Å². The lowest BCUT2D eigenvalue weighted by Gasteiger charge is -2.22. The number of nitrogens with one attached hydrogen (secondary N) is 1. The smallest absolute Gasteiger partial charge is 0.245 e. The van der Waals surface area contributed by atoms with Gasteiger partial charge in [0.2, 0.25) is 11.8 Å². The number of carbonyl (C=O) groups excluding carboxylic acids is 2. The van der Waals surface area contributed by atoms with Crippen molar-refractivity contribution in [1.29, 1.82) is 0 Å². The van der Waals surface area contributed by atoms with Crippen molar-refractivity contribution in [3.8, 4) is 0 Å². The van der Waals surface area contributed by atoms with Crippen molar-refractivity contribution in [2.45, 2.75) is 71.6 Å². The number of anilines is 1. The summed E-state index contributed by atoms with van der Waals surface area (Å²) < 4.78 is 0.